The van der Waals surface area contributed by atoms with Crippen LogP contribution >= 0.6 is 11.8 Å². The van der Waals surface area contributed by atoms with Crippen LogP contribution in [-0.2, 0) is 6.42 Å². The van der Waals surface area contributed by atoms with Crippen LogP contribution in [0.2, 0.25) is 0 Å². The number of hydrogen-bond donors (Lipinski definition) is 2. The molecule has 2 N–H and O–H groups in total. The fraction of sp³-hybridized carbons (Fsp3) is 0.417. The van der Waals surface area contributed by atoms with Crippen LogP contribution in [0.1, 0.15) is 5.82 Å². The lowest BCUT2D eigenvalue weighted by Crippen LogP contribution is -2.39. The van der Waals surface area contributed by atoms with Gasteiger partial charge in [-0.2, -0.15) is 11.8 Å². The molecule has 1 atom stereocenters. The quantitative estimate of drug-likeness (QED) is 0.857. The van der Waals surface area contributed by atoms with E-state index in [1.54, 1.807) is 6.07 Å². The Morgan fingerprint density at radius 3 is 3.24 bits per heavy atom. The Morgan fingerprint density at radius 1 is 1.47 bits per heavy atom. The third-order valence-electron chi connectivity index (χ3n) is 2.93. The van der Waals surface area contributed by atoms with Crippen molar-refractivity contribution < 1.29 is 4.39 Å². The molecule has 2 aromatic rings. The lowest BCUT2D eigenvalue weighted by Gasteiger charge is -2.21. The van der Waals surface area contributed by atoms with Gasteiger partial charge >= 0.3 is 0 Å². The molecule has 0 aliphatic carbocycles. The molecule has 0 bridgehead atoms. The number of aromatic nitrogens is 2. The number of hydrogen-bond acceptors (Lipinski definition) is 3. The Balaban J connectivity index is 1.80. The van der Waals surface area contributed by atoms with E-state index in [-0.39, 0.29) is 5.82 Å². The first-order valence-electron chi connectivity index (χ1n) is 5.76. The minimum Gasteiger partial charge on any atom is -0.342 e. The summed E-state index contributed by atoms with van der Waals surface area (Å²) in [5, 5.41) is 3.47. The van der Waals surface area contributed by atoms with Gasteiger partial charge in [-0.15, -0.1) is 0 Å². The highest BCUT2D eigenvalue weighted by Gasteiger charge is 2.15. The fourth-order valence-electron chi connectivity index (χ4n) is 2.12. The van der Waals surface area contributed by atoms with Crippen molar-refractivity contribution in [3.63, 3.8) is 0 Å². The van der Waals surface area contributed by atoms with Gasteiger partial charge in [0.2, 0.25) is 0 Å². The van der Waals surface area contributed by atoms with Gasteiger partial charge in [0.15, 0.2) is 0 Å². The monoisotopic (exact) mass is 251 g/mol. The number of halogens is 1. The summed E-state index contributed by atoms with van der Waals surface area (Å²) < 4.78 is 13.0. The van der Waals surface area contributed by atoms with E-state index in [1.165, 1.54) is 17.9 Å². The molecule has 1 fully saturated rings. The molecule has 1 saturated heterocycles. The molecule has 17 heavy (non-hydrogen) atoms. The molecule has 1 aliphatic rings. The van der Waals surface area contributed by atoms with Gasteiger partial charge in [0, 0.05) is 30.5 Å². The lowest BCUT2D eigenvalue weighted by molar-refractivity contribution is 0.553. The summed E-state index contributed by atoms with van der Waals surface area (Å²) in [6.07, 6.45) is 0.878. The second-order valence-corrected chi connectivity index (χ2v) is 5.42. The Morgan fingerprint density at radius 2 is 2.41 bits per heavy atom. The maximum Gasteiger partial charge on any atom is 0.125 e. The average Bonchev–Trinajstić information content (AvgIpc) is 2.71. The van der Waals surface area contributed by atoms with Crippen molar-refractivity contribution in [2.45, 2.75) is 12.5 Å². The SMILES string of the molecule is Fc1ccc2nc(CC3CSCCN3)[nH]c2c1. The molecule has 3 nitrogen and oxygen atoms in total. The number of thioether (sulfide) groups is 1. The van der Waals surface area contributed by atoms with Crippen molar-refractivity contribution in [1.82, 2.24) is 15.3 Å². The molecule has 1 unspecified atom stereocenters. The number of nitrogens with one attached hydrogen (secondary N) is 2. The van der Waals surface area contributed by atoms with Crippen LogP contribution in [0.3, 0.4) is 0 Å². The van der Waals surface area contributed by atoms with Crippen molar-refractivity contribution in [3.05, 3.63) is 29.8 Å². The summed E-state index contributed by atoms with van der Waals surface area (Å²) in [6, 6.07) is 5.13. The van der Waals surface area contributed by atoms with E-state index >= 15 is 0 Å². The first-order valence-corrected chi connectivity index (χ1v) is 6.92. The summed E-state index contributed by atoms with van der Waals surface area (Å²) in [4.78, 5) is 7.66. The zero-order chi connectivity index (χ0) is 11.7. The molecule has 3 rings (SSSR count). The van der Waals surface area contributed by atoms with Crippen LogP contribution in [0.4, 0.5) is 4.39 Å². The van der Waals surface area contributed by atoms with Crippen LogP contribution in [0.15, 0.2) is 18.2 Å². The maximum atomic E-state index is 13.0. The highest BCUT2D eigenvalue weighted by molar-refractivity contribution is 7.99. The van der Waals surface area contributed by atoms with E-state index in [9.17, 15) is 4.39 Å². The van der Waals surface area contributed by atoms with Crippen LogP contribution in [0.25, 0.3) is 11.0 Å². The third kappa shape index (κ3) is 2.45. The predicted octanol–water partition coefficient (Wildman–Crippen LogP) is 1.95. The maximum absolute atomic E-state index is 13.0. The molecular formula is C12H14FN3S. The minimum atomic E-state index is -0.223. The summed E-state index contributed by atoms with van der Waals surface area (Å²) in [6.45, 7) is 1.06. The van der Waals surface area contributed by atoms with Crippen molar-refractivity contribution in [1.29, 1.82) is 0 Å². The number of H-pyrrole nitrogens is 1. The number of fused-ring (bicyclic) bond motifs is 1. The molecule has 0 amide bonds. The molecule has 0 saturated carbocycles. The largest absolute Gasteiger partial charge is 0.342 e. The van der Waals surface area contributed by atoms with Gasteiger partial charge in [-0.1, -0.05) is 0 Å². The molecule has 1 aromatic heterocycles. The van der Waals surface area contributed by atoms with Crippen molar-refractivity contribution in [3.8, 4) is 0 Å². The van der Waals surface area contributed by atoms with Gasteiger partial charge in [-0.3, -0.25) is 0 Å². The first-order chi connectivity index (χ1) is 8.31. The van der Waals surface area contributed by atoms with Gasteiger partial charge < -0.3 is 10.3 Å². The number of aromatic amines is 1. The third-order valence-corrected chi connectivity index (χ3v) is 4.06. The van der Waals surface area contributed by atoms with Crippen LogP contribution in [0, 0.1) is 5.82 Å². The molecule has 0 radical (unpaired) electrons. The Labute approximate surface area is 103 Å². The fourth-order valence-corrected chi connectivity index (χ4v) is 3.06. The molecule has 1 aromatic carbocycles. The Hall–Kier alpha value is -1.07. The minimum absolute atomic E-state index is 0.223. The van der Waals surface area contributed by atoms with E-state index in [1.807, 2.05) is 11.8 Å². The standard InChI is InChI=1S/C12H14FN3S/c13-8-1-2-10-11(5-8)16-12(15-10)6-9-7-17-4-3-14-9/h1-2,5,9,14H,3-4,6-7H2,(H,15,16). The topological polar surface area (TPSA) is 40.7 Å². The Bertz CT molecular complexity index is 519. The highest BCUT2D eigenvalue weighted by Crippen LogP contribution is 2.16. The van der Waals surface area contributed by atoms with Crippen molar-refractivity contribution in [2.24, 2.45) is 0 Å². The number of nitrogens with zero attached hydrogens (tertiary/aromatic N) is 1. The summed E-state index contributed by atoms with van der Waals surface area (Å²) in [5.74, 6) is 3.01. The van der Waals surface area contributed by atoms with Crippen molar-refractivity contribution >= 4 is 22.8 Å². The zero-order valence-electron chi connectivity index (χ0n) is 9.37. The van der Waals surface area contributed by atoms with Crippen LogP contribution in [-0.4, -0.2) is 34.1 Å². The van der Waals surface area contributed by atoms with E-state index in [0.29, 0.717) is 6.04 Å². The summed E-state index contributed by atoms with van der Waals surface area (Å²) in [5.41, 5.74) is 1.62. The van der Waals surface area contributed by atoms with Gasteiger partial charge in [0.1, 0.15) is 11.6 Å². The van der Waals surface area contributed by atoms with Crippen LogP contribution < -0.4 is 5.32 Å². The second-order valence-electron chi connectivity index (χ2n) is 4.28. The van der Waals surface area contributed by atoms with E-state index < -0.39 is 0 Å². The Kier molecular flexibility index (Phi) is 3.03. The zero-order valence-corrected chi connectivity index (χ0v) is 10.2. The molecule has 90 valence electrons. The van der Waals surface area contributed by atoms with Gasteiger partial charge in [-0.25, -0.2) is 9.37 Å². The average molecular weight is 251 g/mol. The van der Waals surface area contributed by atoms with Gasteiger partial charge in [0.05, 0.1) is 11.0 Å². The number of benzene rings is 1. The summed E-state index contributed by atoms with van der Waals surface area (Å²) in [7, 11) is 0. The van der Waals surface area contributed by atoms with E-state index in [4.69, 9.17) is 0 Å². The molecule has 1 aliphatic heterocycles. The highest BCUT2D eigenvalue weighted by atomic mass is 32.2. The molecule has 2 heterocycles. The van der Waals surface area contributed by atoms with Gasteiger partial charge in [0.25, 0.3) is 0 Å². The number of imidazole rings is 1. The second kappa shape index (κ2) is 4.66. The first kappa shape index (κ1) is 11.0. The lowest BCUT2D eigenvalue weighted by atomic mass is 10.2. The van der Waals surface area contributed by atoms with Gasteiger partial charge in [-0.05, 0) is 18.2 Å². The molecule has 0 spiro atoms. The van der Waals surface area contributed by atoms with Crippen LogP contribution in [0.5, 0.6) is 0 Å². The van der Waals surface area contributed by atoms with E-state index in [0.717, 1.165) is 35.6 Å². The normalized spacial score (nSPS) is 20.9. The van der Waals surface area contributed by atoms with E-state index in [2.05, 4.69) is 15.3 Å². The number of rotatable bonds is 2. The summed E-state index contributed by atoms with van der Waals surface area (Å²) >= 11 is 1.97. The predicted molar refractivity (Wildman–Crippen MR) is 68.9 cm³/mol. The molecular weight excluding hydrogens is 237 g/mol. The molecule has 5 heteroatoms. The smallest absolute Gasteiger partial charge is 0.125 e. The van der Waals surface area contributed by atoms with Crippen molar-refractivity contribution in [2.75, 3.05) is 18.1 Å².